The van der Waals surface area contributed by atoms with E-state index in [0.717, 1.165) is 12.8 Å². The number of rotatable bonds is 16. The first kappa shape index (κ1) is 38.9. The van der Waals surface area contributed by atoms with Crippen molar-refractivity contribution >= 4 is 29.7 Å². The topological polar surface area (TPSA) is 203 Å². The quantitative estimate of drug-likeness (QED) is 0.117. The Balaban J connectivity index is 2.79. The zero-order valence-corrected chi connectivity index (χ0v) is 28.3. The Kier molecular flexibility index (Phi) is 14.1. The number of nitrogens with zero attached hydrogens (tertiary/aromatic N) is 3. The highest BCUT2D eigenvalue weighted by molar-refractivity contribution is 6.11. The van der Waals surface area contributed by atoms with Crippen LogP contribution in [-0.4, -0.2) is 83.9 Å². The number of esters is 1. The van der Waals surface area contributed by atoms with E-state index in [4.69, 9.17) is 15.3 Å². The van der Waals surface area contributed by atoms with Gasteiger partial charge in [0.1, 0.15) is 11.6 Å². The highest BCUT2D eigenvalue weighted by Gasteiger charge is 2.59. The van der Waals surface area contributed by atoms with E-state index in [9.17, 15) is 34.2 Å². The average molecular weight is 660 g/mol. The third-order valence-corrected chi connectivity index (χ3v) is 7.58. The number of imidazole rings is 1. The molecule has 0 aliphatic rings. The molecular formula is C33H49N5O9. The van der Waals surface area contributed by atoms with Crippen LogP contribution in [0.1, 0.15) is 78.5 Å². The Bertz CT molecular complexity index is 1370. The van der Waals surface area contributed by atoms with Crippen LogP contribution < -0.4 is 11.1 Å². The van der Waals surface area contributed by atoms with Gasteiger partial charge in [-0.2, -0.15) is 0 Å². The number of aliphatic hydroxyl groups is 1. The number of aryl methyl sites for hydroxylation is 1. The molecule has 14 heteroatoms. The molecule has 0 saturated heterocycles. The fourth-order valence-electron chi connectivity index (χ4n) is 4.71. The van der Waals surface area contributed by atoms with E-state index in [0.29, 0.717) is 22.7 Å². The number of benzene rings is 1. The van der Waals surface area contributed by atoms with E-state index in [1.807, 2.05) is 6.92 Å². The molecule has 2 rings (SSSR count). The monoisotopic (exact) mass is 659 g/mol. The maximum atomic E-state index is 14.3. The van der Waals surface area contributed by atoms with Gasteiger partial charge in [-0.1, -0.05) is 57.0 Å². The molecule has 5 N–H and O–H groups in total. The van der Waals surface area contributed by atoms with Crippen LogP contribution in [0.5, 0.6) is 0 Å². The molecule has 0 fully saturated rings. The third-order valence-electron chi connectivity index (χ3n) is 7.58. The molecular weight excluding hydrogens is 610 g/mol. The molecule has 0 spiro atoms. The molecule has 0 unspecified atom stereocenters. The third kappa shape index (κ3) is 10.9. The van der Waals surface area contributed by atoms with Crippen molar-refractivity contribution in [3.8, 4) is 0 Å². The molecule has 2 amide bonds. The second kappa shape index (κ2) is 17.0. The number of carbonyl (C=O) groups excluding carboxylic acids is 4. The lowest BCUT2D eigenvalue weighted by atomic mass is 9.87. The standard InChI is InChI=1S/C33H49N5O9/c1-8-9-13-21(2)26(39)17-27(40)47-38(28(41)25(34)16-24-19-35-20-37(24)7)33(31(45)46-32(4,5)6,18-23-14-11-10-12-15-23)30(44)36-22(3)29(42)43/h10-12,14-15,19-22,25-26,39H,8-9,13,16-18,34H2,1-7H3,(H,36,44)(H,42,43)/t21-,22-,25-,26-,33-/m0/s1. The lowest BCUT2D eigenvalue weighted by Crippen LogP contribution is -2.70. The second-order valence-corrected chi connectivity index (χ2v) is 12.9. The van der Waals surface area contributed by atoms with Crippen molar-refractivity contribution < 1.29 is 43.8 Å². The second-order valence-electron chi connectivity index (χ2n) is 12.9. The lowest BCUT2D eigenvalue weighted by Gasteiger charge is -2.41. The number of unbranched alkanes of at least 4 members (excludes halogenated alkanes) is 1. The first-order valence-electron chi connectivity index (χ1n) is 15.7. The van der Waals surface area contributed by atoms with Gasteiger partial charge in [-0.15, -0.1) is 5.06 Å². The molecule has 47 heavy (non-hydrogen) atoms. The molecule has 1 aromatic heterocycles. The van der Waals surface area contributed by atoms with Crippen LogP contribution in [0.2, 0.25) is 0 Å². The molecule has 0 radical (unpaired) electrons. The minimum Gasteiger partial charge on any atom is -0.480 e. The zero-order chi connectivity index (χ0) is 35.5. The maximum Gasteiger partial charge on any atom is 0.346 e. The number of carboxylic acid groups (broad SMARTS) is 1. The summed E-state index contributed by atoms with van der Waals surface area (Å²) in [5.74, 6) is -6.58. The molecule has 0 saturated carbocycles. The first-order valence-corrected chi connectivity index (χ1v) is 15.7. The van der Waals surface area contributed by atoms with Crippen molar-refractivity contribution in [3.05, 3.63) is 54.1 Å². The Labute approximate surface area is 275 Å². The summed E-state index contributed by atoms with van der Waals surface area (Å²) >= 11 is 0. The van der Waals surface area contributed by atoms with Gasteiger partial charge < -0.3 is 35.4 Å². The predicted octanol–water partition coefficient (Wildman–Crippen LogP) is 2.07. The number of aromatic nitrogens is 2. The molecule has 260 valence electrons. The number of ether oxygens (including phenoxy) is 1. The largest absolute Gasteiger partial charge is 0.480 e. The molecule has 2 aromatic rings. The van der Waals surface area contributed by atoms with Crippen LogP contribution in [0.3, 0.4) is 0 Å². The fourth-order valence-corrected chi connectivity index (χ4v) is 4.71. The number of carboxylic acids is 1. The molecule has 1 heterocycles. The summed E-state index contributed by atoms with van der Waals surface area (Å²) in [5, 5.41) is 23.0. The van der Waals surface area contributed by atoms with Crippen LogP contribution in [0.25, 0.3) is 0 Å². The van der Waals surface area contributed by atoms with E-state index >= 15 is 0 Å². The molecule has 5 atom stereocenters. The molecule has 0 aliphatic carbocycles. The normalized spacial score (nSPS) is 15.3. The number of hydrogen-bond donors (Lipinski definition) is 4. The fraction of sp³-hybridized carbons (Fsp3) is 0.576. The summed E-state index contributed by atoms with van der Waals surface area (Å²) in [6.07, 6.45) is 2.80. The van der Waals surface area contributed by atoms with Crippen molar-refractivity contribution in [2.24, 2.45) is 18.7 Å². The summed E-state index contributed by atoms with van der Waals surface area (Å²) in [7, 11) is 1.68. The number of aliphatic hydroxyl groups excluding tert-OH is 1. The first-order chi connectivity index (χ1) is 21.9. The number of aliphatic carboxylic acids is 1. The van der Waals surface area contributed by atoms with Crippen molar-refractivity contribution in [2.75, 3.05) is 0 Å². The van der Waals surface area contributed by atoms with Crippen LogP contribution >= 0.6 is 0 Å². The van der Waals surface area contributed by atoms with Crippen LogP contribution in [0.15, 0.2) is 42.9 Å². The minimum atomic E-state index is -2.80. The maximum absolute atomic E-state index is 14.3. The van der Waals surface area contributed by atoms with E-state index in [-0.39, 0.29) is 12.3 Å². The summed E-state index contributed by atoms with van der Waals surface area (Å²) in [6, 6.07) is 5.10. The average Bonchev–Trinajstić information content (AvgIpc) is 3.40. The predicted molar refractivity (Wildman–Crippen MR) is 171 cm³/mol. The summed E-state index contributed by atoms with van der Waals surface area (Å²) in [4.78, 5) is 77.9. The summed E-state index contributed by atoms with van der Waals surface area (Å²) < 4.78 is 7.30. The van der Waals surface area contributed by atoms with Crippen LogP contribution in [0, 0.1) is 5.92 Å². The van der Waals surface area contributed by atoms with Gasteiger partial charge >= 0.3 is 17.9 Å². The van der Waals surface area contributed by atoms with Gasteiger partial charge in [0.2, 0.25) is 0 Å². The van der Waals surface area contributed by atoms with Gasteiger partial charge in [-0.05, 0) is 45.6 Å². The number of hydroxylamine groups is 2. The highest BCUT2D eigenvalue weighted by atomic mass is 16.7. The smallest absolute Gasteiger partial charge is 0.346 e. The van der Waals surface area contributed by atoms with Gasteiger partial charge in [0.25, 0.3) is 17.4 Å². The van der Waals surface area contributed by atoms with E-state index in [2.05, 4.69) is 10.3 Å². The zero-order valence-electron chi connectivity index (χ0n) is 28.3. The number of amides is 2. The minimum absolute atomic E-state index is 0.136. The van der Waals surface area contributed by atoms with Crippen molar-refractivity contribution in [2.45, 2.75) is 109 Å². The van der Waals surface area contributed by atoms with Gasteiger partial charge in [-0.25, -0.2) is 14.6 Å². The van der Waals surface area contributed by atoms with E-state index in [1.54, 1.807) is 48.9 Å². The molecule has 1 aromatic carbocycles. The SMILES string of the molecule is CCCC[C@H](C)[C@@H](O)CC(=O)ON(C(=O)[C@@H](N)Cc1cncn1C)[C@@](Cc1ccccc1)(C(=O)N[C@@H](C)C(=O)O)C(=O)OC(C)(C)C. The van der Waals surface area contributed by atoms with E-state index in [1.165, 1.54) is 40.2 Å². The lowest BCUT2D eigenvalue weighted by molar-refractivity contribution is -0.232. The molecule has 0 aliphatic heterocycles. The number of carbonyl (C=O) groups is 5. The van der Waals surface area contributed by atoms with Crippen molar-refractivity contribution in [1.29, 1.82) is 0 Å². The number of hydrogen-bond acceptors (Lipinski definition) is 10. The summed E-state index contributed by atoms with van der Waals surface area (Å²) in [5.41, 5.74) is 3.23. The Hall–Kier alpha value is -4.30. The highest BCUT2D eigenvalue weighted by Crippen LogP contribution is 2.29. The molecule has 14 nitrogen and oxygen atoms in total. The van der Waals surface area contributed by atoms with Gasteiger partial charge in [0.15, 0.2) is 0 Å². The van der Waals surface area contributed by atoms with Crippen molar-refractivity contribution in [1.82, 2.24) is 19.9 Å². The number of nitrogens with one attached hydrogen (secondary N) is 1. The molecule has 0 bridgehead atoms. The van der Waals surface area contributed by atoms with Crippen molar-refractivity contribution in [3.63, 3.8) is 0 Å². The Morgan fingerprint density at radius 3 is 2.28 bits per heavy atom. The van der Waals surface area contributed by atoms with Crippen LogP contribution in [-0.2, 0) is 53.4 Å². The van der Waals surface area contributed by atoms with Gasteiger partial charge in [0.05, 0.1) is 24.9 Å². The van der Waals surface area contributed by atoms with Crippen LogP contribution in [0.4, 0.5) is 0 Å². The Morgan fingerprint density at radius 1 is 1.11 bits per heavy atom. The Morgan fingerprint density at radius 2 is 1.74 bits per heavy atom. The van der Waals surface area contributed by atoms with E-state index < -0.39 is 71.9 Å². The summed E-state index contributed by atoms with van der Waals surface area (Å²) in [6.45, 7) is 9.54. The number of nitrogens with two attached hydrogens (primary N) is 1. The van der Waals surface area contributed by atoms with Gasteiger partial charge in [0, 0.05) is 31.8 Å². The van der Waals surface area contributed by atoms with Gasteiger partial charge in [-0.3, -0.25) is 14.4 Å².